The highest BCUT2D eigenvalue weighted by Crippen LogP contribution is 2.31. The normalized spacial score (nSPS) is 15.1. The molecule has 0 aromatic heterocycles. The lowest BCUT2D eigenvalue weighted by molar-refractivity contribution is -0.384. The molecular formula is C14H19N3O4. The maximum atomic E-state index is 12.0. The van der Waals surface area contributed by atoms with Crippen molar-refractivity contribution in [1.82, 2.24) is 5.32 Å². The molecule has 1 amide bonds. The van der Waals surface area contributed by atoms with Gasteiger partial charge < -0.3 is 15.3 Å². The van der Waals surface area contributed by atoms with Gasteiger partial charge in [-0.15, -0.1) is 0 Å². The van der Waals surface area contributed by atoms with Crippen molar-refractivity contribution in [2.45, 2.75) is 25.9 Å². The molecule has 2 rings (SSSR count). The summed E-state index contributed by atoms with van der Waals surface area (Å²) in [6.07, 6.45) is 0.454. The number of nitrogens with one attached hydrogen (secondary N) is 1. The lowest BCUT2D eigenvalue weighted by Crippen LogP contribution is -2.40. The summed E-state index contributed by atoms with van der Waals surface area (Å²) in [5.74, 6) is -0.139. The Hall–Kier alpha value is -1.99. The number of amides is 1. The SMILES string of the molecule is CCCNCC(O)CN1C(=O)Cc2cc([N+](=O)[O-])ccc21. The zero-order chi connectivity index (χ0) is 15.4. The van der Waals surface area contributed by atoms with Gasteiger partial charge in [0.15, 0.2) is 0 Å². The van der Waals surface area contributed by atoms with Crippen LogP contribution in [-0.4, -0.2) is 41.7 Å². The number of aliphatic hydroxyl groups excluding tert-OH is 1. The predicted octanol–water partition coefficient (Wildman–Crippen LogP) is 0.844. The third kappa shape index (κ3) is 3.56. The number of carbonyl (C=O) groups is 1. The Morgan fingerprint density at radius 2 is 2.29 bits per heavy atom. The lowest BCUT2D eigenvalue weighted by Gasteiger charge is -2.21. The summed E-state index contributed by atoms with van der Waals surface area (Å²) in [6, 6.07) is 4.38. The predicted molar refractivity (Wildman–Crippen MR) is 78.3 cm³/mol. The van der Waals surface area contributed by atoms with Gasteiger partial charge in [0.25, 0.3) is 5.69 Å². The third-order valence-electron chi connectivity index (χ3n) is 3.41. The first-order chi connectivity index (χ1) is 10.0. The van der Waals surface area contributed by atoms with Crippen LogP contribution >= 0.6 is 0 Å². The molecular weight excluding hydrogens is 274 g/mol. The van der Waals surface area contributed by atoms with Crippen molar-refractivity contribution >= 4 is 17.3 Å². The van der Waals surface area contributed by atoms with Crippen molar-refractivity contribution in [3.8, 4) is 0 Å². The lowest BCUT2D eigenvalue weighted by atomic mass is 10.1. The molecule has 2 N–H and O–H groups in total. The molecule has 0 aliphatic carbocycles. The van der Waals surface area contributed by atoms with Crippen molar-refractivity contribution in [1.29, 1.82) is 0 Å². The van der Waals surface area contributed by atoms with E-state index >= 15 is 0 Å². The maximum absolute atomic E-state index is 12.0. The van der Waals surface area contributed by atoms with Crippen LogP contribution in [0.3, 0.4) is 0 Å². The highest BCUT2D eigenvalue weighted by Gasteiger charge is 2.30. The van der Waals surface area contributed by atoms with Gasteiger partial charge in [-0.05, 0) is 24.6 Å². The van der Waals surface area contributed by atoms with Gasteiger partial charge in [0, 0.05) is 24.4 Å². The second-order valence-corrected chi connectivity index (χ2v) is 5.11. The first-order valence-electron chi connectivity index (χ1n) is 6.99. The van der Waals surface area contributed by atoms with Gasteiger partial charge in [0.2, 0.25) is 5.91 Å². The molecule has 7 heteroatoms. The monoisotopic (exact) mass is 293 g/mol. The van der Waals surface area contributed by atoms with Gasteiger partial charge in [-0.3, -0.25) is 14.9 Å². The van der Waals surface area contributed by atoms with Crippen LogP contribution in [0.4, 0.5) is 11.4 Å². The highest BCUT2D eigenvalue weighted by atomic mass is 16.6. The number of non-ortho nitro benzene ring substituents is 1. The average molecular weight is 293 g/mol. The van der Waals surface area contributed by atoms with E-state index in [-0.39, 0.29) is 24.6 Å². The quantitative estimate of drug-likeness (QED) is 0.441. The molecule has 1 unspecified atom stereocenters. The average Bonchev–Trinajstić information content (AvgIpc) is 2.74. The van der Waals surface area contributed by atoms with Crippen LogP contribution in [0.15, 0.2) is 18.2 Å². The fourth-order valence-electron chi connectivity index (χ4n) is 2.40. The maximum Gasteiger partial charge on any atom is 0.269 e. The van der Waals surface area contributed by atoms with Gasteiger partial charge in [0.1, 0.15) is 0 Å². The minimum absolute atomic E-state index is 0.0199. The molecule has 0 saturated heterocycles. The molecule has 21 heavy (non-hydrogen) atoms. The van der Waals surface area contributed by atoms with Gasteiger partial charge in [-0.1, -0.05) is 6.92 Å². The summed E-state index contributed by atoms with van der Waals surface area (Å²) in [7, 11) is 0. The number of nitro benzene ring substituents is 1. The number of hydrogen-bond donors (Lipinski definition) is 2. The molecule has 1 aliphatic rings. The highest BCUT2D eigenvalue weighted by molar-refractivity contribution is 6.01. The van der Waals surface area contributed by atoms with Crippen LogP contribution in [0.2, 0.25) is 0 Å². The Morgan fingerprint density at radius 3 is 2.95 bits per heavy atom. The molecule has 1 aromatic carbocycles. The molecule has 1 atom stereocenters. The van der Waals surface area contributed by atoms with E-state index in [9.17, 15) is 20.0 Å². The number of nitrogens with zero attached hydrogens (tertiary/aromatic N) is 2. The minimum Gasteiger partial charge on any atom is -0.390 e. The summed E-state index contributed by atoms with van der Waals surface area (Å²) in [5, 5.41) is 23.8. The molecule has 7 nitrogen and oxygen atoms in total. The number of nitro groups is 1. The molecule has 0 radical (unpaired) electrons. The number of rotatable bonds is 7. The van der Waals surface area contributed by atoms with E-state index in [0.717, 1.165) is 13.0 Å². The van der Waals surface area contributed by atoms with Crippen LogP contribution < -0.4 is 10.2 Å². The number of fused-ring (bicyclic) bond motifs is 1. The van der Waals surface area contributed by atoms with Crippen LogP contribution in [0.5, 0.6) is 0 Å². The molecule has 1 heterocycles. The Morgan fingerprint density at radius 1 is 1.52 bits per heavy atom. The Kier molecular flexibility index (Phi) is 4.87. The number of benzene rings is 1. The van der Waals surface area contributed by atoms with Gasteiger partial charge in [-0.25, -0.2) is 0 Å². The van der Waals surface area contributed by atoms with E-state index < -0.39 is 11.0 Å². The fraction of sp³-hybridized carbons (Fsp3) is 0.500. The first-order valence-corrected chi connectivity index (χ1v) is 6.99. The van der Waals surface area contributed by atoms with Crippen LogP contribution in [-0.2, 0) is 11.2 Å². The van der Waals surface area contributed by atoms with E-state index in [1.165, 1.54) is 17.0 Å². The fourth-order valence-corrected chi connectivity index (χ4v) is 2.40. The molecule has 1 aromatic rings. The second-order valence-electron chi connectivity index (χ2n) is 5.11. The van der Waals surface area contributed by atoms with Crippen LogP contribution in [0.25, 0.3) is 0 Å². The molecule has 0 bridgehead atoms. The Balaban J connectivity index is 2.06. The standard InChI is InChI=1S/C14H19N3O4/c1-2-5-15-8-12(18)9-16-13-4-3-11(17(20)21)6-10(13)7-14(16)19/h3-4,6,12,15,18H,2,5,7-9H2,1H3. The van der Waals surface area contributed by atoms with Crippen molar-refractivity contribution < 1.29 is 14.8 Å². The molecule has 1 aliphatic heterocycles. The van der Waals surface area contributed by atoms with E-state index in [2.05, 4.69) is 5.32 Å². The van der Waals surface area contributed by atoms with Crippen LogP contribution in [0, 0.1) is 10.1 Å². The van der Waals surface area contributed by atoms with Gasteiger partial charge >= 0.3 is 0 Å². The number of anilines is 1. The molecule has 0 spiro atoms. The Labute approximate surface area is 122 Å². The minimum atomic E-state index is -0.665. The van der Waals surface area contributed by atoms with E-state index in [4.69, 9.17) is 0 Å². The zero-order valence-corrected chi connectivity index (χ0v) is 11.9. The van der Waals surface area contributed by atoms with E-state index in [0.29, 0.717) is 17.8 Å². The summed E-state index contributed by atoms with van der Waals surface area (Å²) in [6.45, 7) is 3.46. The number of carbonyl (C=O) groups excluding carboxylic acids is 1. The number of aliphatic hydroxyl groups is 1. The topological polar surface area (TPSA) is 95.7 Å². The third-order valence-corrected chi connectivity index (χ3v) is 3.41. The van der Waals surface area contributed by atoms with Gasteiger partial charge in [-0.2, -0.15) is 0 Å². The van der Waals surface area contributed by atoms with E-state index in [1.807, 2.05) is 6.92 Å². The van der Waals surface area contributed by atoms with Crippen molar-refractivity contribution in [2.75, 3.05) is 24.5 Å². The molecule has 114 valence electrons. The van der Waals surface area contributed by atoms with E-state index in [1.54, 1.807) is 6.07 Å². The van der Waals surface area contributed by atoms with Crippen molar-refractivity contribution in [3.05, 3.63) is 33.9 Å². The number of β-amino-alcohol motifs (C(OH)–C–C–N with tert-alkyl or cyclic N) is 1. The summed E-state index contributed by atoms with van der Waals surface area (Å²) in [5.41, 5.74) is 1.27. The molecule has 0 saturated carbocycles. The summed E-state index contributed by atoms with van der Waals surface area (Å²) in [4.78, 5) is 23.8. The molecule has 0 fully saturated rings. The Bertz CT molecular complexity index is 547. The van der Waals surface area contributed by atoms with Crippen LogP contribution in [0.1, 0.15) is 18.9 Å². The zero-order valence-electron chi connectivity index (χ0n) is 11.9. The summed E-state index contributed by atoms with van der Waals surface area (Å²) >= 11 is 0. The second kappa shape index (κ2) is 6.64. The van der Waals surface area contributed by atoms with Gasteiger partial charge in [0.05, 0.1) is 24.0 Å². The van der Waals surface area contributed by atoms with Crippen molar-refractivity contribution in [2.24, 2.45) is 0 Å². The first kappa shape index (κ1) is 15.4. The van der Waals surface area contributed by atoms with Crippen molar-refractivity contribution in [3.63, 3.8) is 0 Å². The number of hydrogen-bond acceptors (Lipinski definition) is 5. The largest absolute Gasteiger partial charge is 0.390 e. The smallest absolute Gasteiger partial charge is 0.269 e. The summed E-state index contributed by atoms with van der Waals surface area (Å²) < 4.78 is 0.